The number of nitrogens with one attached hydrogen (secondary N) is 1. The summed E-state index contributed by atoms with van der Waals surface area (Å²) >= 11 is 0. The van der Waals surface area contributed by atoms with E-state index in [0.717, 1.165) is 43.6 Å². The van der Waals surface area contributed by atoms with Crippen molar-refractivity contribution in [1.82, 2.24) is 14.7 Å². The van der Waals surface area contributed by atoms with Crippen LogP contribution in [0.25, 0.3) is 0 Å². The number of aryl methyl sites for hydroxylation is 1. The molecular weight excluding hydrogens is 304 g/mol. The Kier molecular flexibility index (Phi) is 6.27. The highest BCUT2D eigenvalue weighted by atomic mass is 16.3. The summed E-state index contributed by atoms with van der Waals surface area (Å²) < 4.78 is 1.96. The molecule has 2 heterocycles. The quantitative estimate of drug-likeness (QED) is 0.838. The Morgan fingerprint density at radius 2 is 2.08 bits per heavy atom. The van der Waals surface area contributed by atoms with Crippen molar-refractivity contribution in [3.63, 3.8) is 0 Å². The summed E-state index contributed by atoms with van der Waals surface area (Å²) in [6.07, 6.45) is 5.49. The van der Waals surface area contributed by atoms with E-state index in [1.807, 2.05) is 16.5 Å². The van der Waals surface area contributed by atoms with Crippen LogP contribution in [0.15, 0.2) is 6.20 Å². The number of hydrogen-bond acceptors (Lipinski definition) is 3. The summed E-state index contributed by atoms with van der Waals surface area (Å²) in [6.45, 7) is 11.0. The molecular formula is C18H32N4O2. The van der Waals surface area contributed by atoms with Crippen molar-refractivity contribution in [1.29, 1.82) is 0 Å². The van der Waals surface area contributed by atoms with Crippen molar-refractivity contribution in [2.75, 3.05) is 25.0 Å². The minimum absolute atomic E-state index is 0.00553. The lowest BCUT2D eigenvalue weighted by Gasteiger charge is -2.40. The summed E-state index contributed by atoms with van der Waals surface area (Å²) in [4.78, 5) is 14.3. The van der Waals surface area contributed by atoms with Crippen LogP contribution in [-0.4, -0.2) is 45.5 Å². The monoisotopic (exact) mass is 336 g/mol. The molecule has 0 bridgehead atoms. The van der Waals surface area contributed by atoms with Gasteiger partial charge >= 0.3 is 6.03 Å². The summed E-state index contributed by atoms with van der Waals surface area (Å²) in [6, 6.07) is -0.0656. The first-order valence-electron chi connectivity index (χ1n) is 9.10. The molecule has 0 atom stereocenters. The van der Waals surface area contributed by atoms with Gasteiger partial charge in [-0.05, 0) is 43.9 Å². The minimum atomic E-state index is -0.0656. The summed E-state index contributed by atoms with van der Waals surface area (Å²) in [5, 5.41) is 17.0. The third-order valence-electron chi connectivity index (χ3n) is 5.46. The van der Waals surface area contributed by atoms with Gasteiger partial charge in [0.2, 0.25) is 0 Å². The summed E-state index contributed by atoms with van der Waals surface area (Å²) in [5.41, 5.74) is 1.78. The van der Waals surface area contributed by atoms with Crippen LogP contribution in [-0.2, 0) is 6.54 Å². The number of hydrogen-bond donors (Lipinski definition) is 2. The Labute approximate surface area is 145 Å². The molecule has 1 saturated heterocycles. The maximum Gasteiger partial charge on any atom is 0.321 e. The van der Waals surface area contributed by atoms with Crippen LogP contribution in [0.4, 0.5) is 10.5 Å². The number of aliphatic hydroxyl groups excluding tert-OH is 1. The smallest absolute Gasteiger partial charge is 0.321 e. The fourth-order valence-electron chi connectivity index (χ4n) is 3.18. The van der Waals surface area contributed by atoms with Crippen molar-refractivity contribution in [3.05, 3.63) is 11.9 Å². The van der Waals surface area contributed by atoms with Crippen LogP contribution in [0.5, 0.6) is 0 Å². The molecule has 2 N–H and O–H groups in total. The highest BCUT2D eigenvalue weighted by Gasteiger charge is 2.34. The van der Waals surface area contributed by atoms with Gasteiger partial charge in [0.15, 0.2) is 0 Å². The fraction of sp³-hybridized carbons (Fsp3) is 0.778. The normalized spacial score (nSPS) is 17.3. The number of aromatic nitrogens is 2. The number of anilines is 1. The van der Waals surface area contributed by atoms with Gasteiger partial charge in [0.1, 0.15) is 0 Å². The molecule has 0 spiro atoms. The number of nitrogens with zero attached hydrogens (tertiary/aromatic N) is 3. The predicted molar refractivity (Wildman–Crippen MR) is 96.1 cm³/mol. The molecule has 2 amide bonds. The van der Waals surface area contributed by atoms with Crippen LogP contribution in [0.1, 0.15) is 52.1 Å². The molecule has 2 rings (SSSR count). The van der Waals surface area contributed by atoms with Gasteiger partial charge < -0.3 is 15.3 Å². The highest BCUT2D eigenvalue weighted by molar-refractivity contribution is 5.89. The van der Waals surface area contributed by atoms with Crippen LogP contribution in [0.2, 0.25) is 0 Å². The minimum Gasteiger partial charge on any atom is -0.396 e. The number of rotatable bonds is 6. The van der Waals surface area contributed by atoms with E-state index >= 15 is 0 Å². The lowest BCUT2D eigenvalue weighted by atomic mass is 9.77. The first kappa shape index (κ1) is 18.8. The lowest BCUT2D eigenvalue weighted by molar-refractivity contribution is 0.0542. The molecule has 0 aromatic carbocycles. The van der Waals surface area contributed by atoms with E-state index in [1.165, 1.54) is 0 Å². The van der Waals surface area contributed by atoms with Crippen LogP contribution >= 0.6 is 0 Å². The largest absolute Gasteiger partial charge is 0.396 e. The molecule has 1 aromatic rings. The maximum atomic E-state index is 12.5. The average Bonchev–Trinajstić information content (AvgIpc) is 2.93. The second-order valence-electron chi connectivity index (χ2n) is 7.48. The molecule has 6 heteroatoms. The van der Waals surface area contributed by atoms with E-state index in [-0.39, 0.29) is 18.1 Å². The molecule has 0 radical (unpaired) electrons. The SMILES string of the molecule is CCC1(CO)CCN(C(=O)Nc2cnn(CCC(C)C)c2C)CC1. The lowest BCUT2D eigenvalue weighted by Crippen LogP contribution is -2.46. The van der Waals surface area contributed by atoms with Gasteiger partial charge in [-0.2, -0.15) is 5.10 Å². The third kappa shape index (κ3) is 4.29. The molecule has 0 unspecified atom stereocenters. The summed E-state index contributed by atoms with van der Waals surface area (Å²) in [5.74, 6) is 0.630. The van der Waals surface area contributed by atoms with Crippen molar-refractivity contribution < 1.29 is 9.90 Å². The Morgan fingerprint density at radius 3 is 2.62 bits per heavy atom. The van der Waals surface area contributed by atoms with Gasteiger partial charge in [0, 0.05) is 26.2 Å². The number of carbonyl (C=O) groups is 1. The highest BCUT2D eigenvalue weighted by Crippen LogP contribution is 2.34. The van der Waals surface area contributed by atoms with Crippen LogP contribution in [0.3, 0.4) is 0 Å². The molecule has 24 heavy (non-hydrogen) atoms. The molecule has 6 nitrogen and oxygen atoms in total. The Bertz CT molecular complexity index is 539. The third-order valence-corrected chi connectivity index (χ3v) is 5.46. The molecule has 0 saturated carbocycles. The number of urea groups is 1. The Hall–Kier alpha value is -1.56. The van der Waals surface area contributed by atoms with Gasteiger partial charge in [-0.1, -0.05) is 20.8 Å². The molecule has 1 aromatic heterocycles. The van der Waals surface area contributed by atoms with Crippen molar-refractivity contribution >= 4 is 11.7 Å². The van der Waals surface area contributed by atoms with Crippen molar-refractivity contribution in [3.8, 4) is 0 Å². The van der Waals surface area contributed by atoms with Crippen molar-refractivity contribution in [2.24, 2.45) is 11.3 Å². The number of carbonyl (C=O) groups excluding carboxylic acids is 1. The standard InChI is InChI=1S/C18H32N4O2/c1-5-18(13-23)7-10-21(11-8-18)17(24)20-16-12-19-22(15(16)4)9-6-14(2)3/h12,14,23H,5-11,13H2,1-4H3,(H,20,24). The van der Waals surface area contributed by atoms with E-state index in [9.17, 15) is 9.90 Å². The van der Waals surface area contributed by atoms with E-state index < -0.39 is 0 Å². The van der Waals surface area contributed by atoms with Crippen molar-refractivity contribution in [2.45, 2.75) is 59.9 Å². The fourth-order valence-corrected chi connectivity index (χ4v) is 3.18. The van der Waals surface area contributed by atoms with E-state index in [1.54, 1.807) is 6.20 Å². The molecule has 1 aliphatic heterocycles. The second kappa shape index (κ2) is 8.01. The van der Waals surface area contributed by atoms with Gasteiger partial charge in [0.05, 0.1) is 17.6 Å². The topological polar surface area (TPSA) is 70.4 Å². The zero-order valence-electron chi connectivity index (χ0n) is 15.5. The first-order valence-corrected chi connectivity index (χ1v) is 9.10. The molecule has 1 aliphatic rings. The van der Waals surface area contributed by atoms with E-state index in [0.29, 0.717) is 19.0 Å². The van der Waals surface area contributed by atoms with Gasteiger partial charge in [-0.25, -0.2) is 4.79 Å². The molecule has 136 valence electrons. The van der Waals surface area contributed by atoms with Gasteiger partial charge in [-0.15, -0.1) is 0 Å². The average molecular weight is 336 g/mol. The first-order chi connectivity index (χ1) is 11.4. The van der Waals surface area contributed by atoms with E-state index in [2.05, 4.69) is 31.2 Å². The maximum absolute atomic E-state index is 12.5. The molecule has 0 aliphatic carbocycles. The zero-order chi connectivity index (χ0) is 17.7. The molecule has 1 fully saturated rings. The van der Waals surface area contributed by atoms with Crippen LogP contribution < -0.4 is 5.32 Å². The second-order valence-corrected chi connectivity index (χ2v) is 7.48. The predicted octanol–water partition coefficient (Wildman–Crippen LogP) is 3.25. The number of likely N-dealkylation sites (tertiary alicyclic amines) is 1. The van der Waals surface area contributed by atoms with Gasteiger partial charge in [0.25, 0.3) is 0 Å². The number of piperidine rings is 1. The Morgan fingerprint density at radius 1 is 1.42 bits per heavy atom. The van der Waals surface area contributed by atoms with Crippen LogP contribution in [0, 0.1) is 18.3 Å². The Balaban J connectivity index is 1.91. The summed E-state index contributed by atoms with van der Waals surface area (Å²) in [7, 11) is 0. The number of aliphatic hydroxyl groups is 1. The van der Waals surface area contributed by atoms with E-state index in [4.69, 9.17) is 0 Å². The van der Waals surface area contributed by atoms with Gasteiger partial charge in [-0.3, -0.25) is 4.68 Å². The zero-order valence-corrected chi connectivity index (χ0v) is 15.5. The number of amides is 2.